The highest BCUT2D eigenvalue weighted by Crippen LogP contribution is 2.32. The zero-order valence-corrected chi connectivity index (χ0v) is 15.0. The van der Waals surface area contributed by atoms with Crippen molar-refractivity contribution in [3.63, 3.8) is 0 Å². The Balaban J connectivity index is 1.56. The summed E-state index contributed by atoms with van der Waals surface area (Å²) >= 11 is 0. The largest absolute Gasteiger partial charge is 0.454 e. The van der Waals surface area contributed by atoms with Gasteiger partial charge in [0.05, 0.1) is 12.7 Å². The number of ether oxygens (including phenoxy) is 3. The minimum absolute atomic E-state index is 0.151. The van der Waals surface area contributed by atoms with Crippen LogP contribution in [0.4, 0.5) is 0 Å². The lowest BCUT2D eigenvalue weighted by Gasteiger charge is -2.12. The summed E-state index contributed by atoms with van der Waals surface area (Å²) in [6.07, 6.45) is 3.44. The van der Waals surface area contributed by atoms with Gasteiger partial charge in [0.1, 0.15) is 0 Å². The van der Waals surface area contributed by atoms with E-state index in [4.69, 9.17) is 14.2 Å². The van der Waals surface area contributed by atoms with Gasteiger partial charge in [0.15, 0.2) is 11.5 Å². The number of rotatable bonds is 7. The third-order valence-corrected chi connectivity index (χ3v) is 3.97. The van der Waals surface area contributed by atoms with E-state index in [1.165, 1.54) is 6.08 Å². The lowest BCUT2D eigenvalue weighted by Crippen LogP contribution is -2.21. The molecule has 0 unspecified atom stereocenters. The Bertz CT molecular complexity index is 798. The highest BCUT2D eigenvalue weighted by Gasteiger charge is 2.12. The molecule has 0 spiro atoms. The number of nitrogens with one attached hydrogen (secondary N) is 1. The summed E-state index contributed by atoms with van der Waals surface area (Å²) in [5.41, 5.74) is 3.02. The summed E-state index contributed by atoms with van der Waals surface area (Å²) in [4.78, 5) is 12.1. The molecule has 0 bridgehead atoms. The summed E-state index contributed by atoms with van der Waals surface area (Å²) in [6.45, 7) is 5.25. The third-order valence-electron chi connectivity index (χ3n) is 3.97. The van der Waals surface area contributed by atoms with Crippen molar-refractivity contribution in [1.29, 1.82) is 0 Å². The minimum atomic E-state index is -0.151. The van der Waals surface area contributed by atoms with Crippen molar-refractivity contribution < 1.29 is 19.0 Å². The van der Waals surface area contributed by atoms with Gasteiger partial charge in [-0.25, -0.2) is 0 Å². The number of fused-ring (bicyclic) bond motifs is 1. The van der Waals surface area contributed by atoms with Gasteiger partial charge in [0.25, 0.3) is 0 Å². The molecule has 2 aromatic carbocycles. The van der Waals surface area contributed by atoms with Crippen molar-refractivity contribution in [2.45, 2.75) is 33.1 Å². The monoisotopic (exact) mass is 353 g/mol. The highest BCUT2D eigenvalue weighted by atomic mass is 16.7. The number of carbonyl (C=O) groups excluding carboxylic acids is 1. The minimum Gasteiger partial charge on any atom is -0.454 e. The smallest absolute Gasteiger partial charge is 0.244 e. The summed E-state index contributed by atoms with van der Waals surface area (Å²) in [7, 11) is 0. The molecule has 5 nitrogen and oxygen atoms in total. The fourth-order valence-electron chi connectivity index (χ4n) is 2.56. The molecule has 5 heteroatoms. The molecule has 0 saturated carbocycles. The maximum absolute atomic E-state index is 12.1. The molecule has 1 aliphatic heterocycles. The SMILES string of the molecule is CC(C)OCc1ccccc1CNC(=O)/C=C/c1ccc2c(c1)OCO2. The van der Waals surface area contributed by atoms with Crippen LogP contribution < -0.4 is 14.8 Å². The molecule has 136 valence electrons. The first-order valence-corrected chi connectivity index (χ1v) is 8.66. The van der Waals surface area contributed by atoms with Crippen LogP contribution in [0.2, 0.25) is 0 Å². The van der Waals surface area contributed by atoms with Crippen LogP contribution >= 0.6 is 0 Å². The second-order valence-electron chi connectivity index (χ2n) is 6.29. The first-order chi connectivity index (χ1) is 12.6. The molecule has 2 aromatic rings. The lowest BCUT2D eigenvalue weighted by molar-refractivity contribution is -0.116. The van der Waals surface area contributed by atoms with E-state index in [0.29, 0.717) is 18.9 Å². The van der Waals surface area contributed by atoms with Crippen molar-refractivity contribution in [3.05, 3.63) is 65.2 Å². The molecule has 3 rings (SSSR count). The van der Waals surface area contributed by atoms with Crippen LogP contribution in [0.3, 0.4) is 0 Å². The van der Waals surface area contributed by atoms with E-state index in [1.54, 1.807) is 6.08 Å². The lowest BCUT2D eigenvalue weighted by atomic mass is 10.1. The Hall–Kier alpha value is -2.79. The Morgan fingerprint density at radius 3 is 2.73 bits per heavy atom. The van der Waals surface area contributed by atoms with E-state index in [1.807, 2.05) is 56.3 Å². The Morgan fingerprint density at radius 1 is 1.15 bits per heavy atom. The Labute approximate surface area is 153 Å². The van der Waals surface area contributed by atoms with Gasteiger partial charge in [-0.3, -0.25) is 4.79 Å². The molecule has 0 fully saturated rings. The molecule has 1 aliphatic rings. The van der Waals surface area contributed by atoms with Gasteiger partial charge in [-0.15, -0.1) is 0 Å². The molecule has 0 aliphatic carbocycles. The first kappa shape index (κ1) is 18.0. The molecule has 0 radical (unpaired) electrons. The Kier molecular flexibility index (Phi) is 5.92. The summed E-state index contributed by atoms with van der Waals surface area (Å²) in [5, 5.41) is 2.91. The molecule has 0 saturated heterocycles. The van der Waals surface area contributed by atoms with Gasteiger partial charge in [0.2, 0.25) is 12.7 Å². The van der Waals surface area contributed by atoms with Crippen molar-refractivity contribution >= 4 is 12.0 Å². The zero-order chi connectivity index (χ0) is 18.4. The van der Waals surface area contributed by atoms with Gasteiger partial charge in [0, 0.05) is 12.6 Å². The molecule has 1 amide bonds. The number of hydrogen-bond acceptors (Lipinski definition) is 4. The van der Waals surface area contributed by atoms with Crippen molar-refractivity contribution in [3.8, 4) is 11.5 Å². The second-order valence-corrected chi connectivity index (χ2v) is 6.29. The fourth-order valence-corrected chi connectivity index (χ4v) is 2.56. The van der Waals surface area contributed by atoms with E-state index in [0.717, 1.165) is 22.4 Å². The van der Waals surface area contributed by atoms with Crippen LogP contribution in [0.25, 0.3) is 6.08 Å². The molecule has 26 heavy (non-hydrogen) atoms. The van der Waals surface area contributed by atoms with Crippen LogP contribution in [-0.2, 0) is 22.7 Å². The number of hydrogen-bond donors (Lipinski definition) is 1. The van der Waals surface area contributed by atoms with Gasteiger partial charge in [-0.2, -0.15) is 0 Å². The first-order valence-electron chi connectivity index (χ1n) is 8.66. The summed E-state index contributed by atoms with van der Waals surface area (Å²) < 4.78 is 16.3. The van der Waals surface area contributed by atoms with E-state index in [2.05, 4.69) is 5.32 Å². The molecule has 0 atom stereocenters. The highest BCUT2D eigenvalue weighted by molar-refractivity contribution is 5.91. The van der Waals surface area contributed by atoms with Crippen LogP contribution in [-0.4, -0.2) is 18.8 Å². The van der Waals surface area contributed by atoms with Crippen LogP contribution in [0, 0.1) is 0 Å². The number of benzene rings is 2. The number of amides is 1. The van der Waals surface area contributed by atoms with Crippen LogP contribution in [0.15, 0.2) is 48.5 Å². The topological polar surface area (TPSA) is 56.8 Å². The predicted molar refractivity (Wildman–Crippen MR) is 99.8 cm³/mol. The van der Waals surface area contributed by atoms with Crippen molar-refractivity contribution in [2.24, 2.45) is 0 Å². The van der Waals surface area contributed by atoms with E-state index >= 15 is 0 Å². The van der Waals surface area contributed by atoms with E-state index < -0.39 is 0 Å². The number of carbonyl (C=O) groups is 1. The second kappa shape index (κ2) is 8.54. The molecular formula is C21H23NO4. The quantitative estimate of drug-likeness (QED) is 0.772. The van der Waals surface area contributed by atoms with Crippen molar-refractivity contribution in [1.82, 2.24) is 5.32 Å². The van der Waals surface area contributed by atoms with Gasteiger partial charge < -0.3 is 19.5 Å². The average Bonchev–Trinajstić information content (AvgIpc) is 3.11. The van der Waals surface area contributed by atoms with Gasteiger partial charge >= 0.3 is 0 Å². The summed E-state index contributed by atoms with van der Waals surface area (Å²) in [5.74, 6) is 1.28. The Morgan fingerprint density at radius 2 is 1.92 bits per heavy atom. The zero-order valence-electron chi connectivity index (χ0n) is 15.0. The predicted octanol–water partition coefficient (Wildman–Crippen LogP) is 3.67. The maximum Gasteiger partial charge on any atom is 0.244 e. The van der Waals surface area contributed by atoms with Gasteiger partial charge in [-0.05, 0) is 48.7 Å². The molecular weight excluding hydrogens is 330 g/mol. The molecule has 1 N–H and O–H groups in total. The van der Waals surface area contributed by atoms with E-state index in [-0.39, 0.29) is 18.8 Å². The van der Waals surface area contributed by atoms with Gasteiger partial charge in [-0.1, -0.05) is 30.3 Å². The molecule has 0 aromatic heterocycles. The van der Waals surface area contributed by atoms with Crippen LogP contribution in [0.5, 0.6) is 11.5 Å². The summed E-state index contributed by atoms with van der Waals surface area (Å²) in [6, 6.07) is 13.5. The normalized spacial score (nSPS) is 12.7. The van der Waals surface area contributed by atoms with Crippen LogP contribution in [0.1, 0.15) is 30.5 Å². The molecule has 1 heterocycles. The van der Waals surface area contributed by atoms with E-state index in [9.17, 15) is 4.79 Å². The average molecular weight is 353 g/mol. The third kappa shape index (κ3) is 4.86. The maximum atomic E-state index is 12.1. The standard InChI is InChI=1S/C21H23NO4/c1-15(2)24-13-18-6-4-3-5-17(18)12-22-21(23)10-8-16-7-9-19-20(11-16)26-14-25-19/h3-11,15H,12-14H2,1-2H3,(H,22,23)/b10-8+. The van der Waals surface area contributed by atoms with Crippen molar-refractivity contribution in [2.75, 3.05) is 6.79 Å². The fraction of sp³-hybridized carbons (Fsp3) is 0.286.